The summed E-state index contributed by atoms with van der Waals surface area (Å²) < 4.78 is 17.7. The van der Waals surface area contributed by atoms with E-state index >= 15 is 0 Å². The van der Waals surface area contributed by atoms with Gasteiger partial charge in [0, 0.05) is 11.3 Å². The molecule has 10 heteroatoms. The van der Waals surface area contributed by atoms with E-state index in [9.17, 15) is 4.79 Å². The van der Waals surface area contributed by atoms with Crippen molar-refractivity contribution in [3.63, 3.8) is 0 Å². The molecular weight excluding hydrogens is 466 g/mol. The highest BCUT2D eigenvalue weighted by Gasteiger charge is 2.16. The highest BCUT2D eigenvalue weighted by Crippen LogP contribution is 2.32. The van der Waals surface area contributed by atoms with E-state index in [0.29, 0.717) is 39.5 Å². The Morgan fingerprint density at radius 3 is 2.26 bits per heavy atom. The number of carbonyl (C=O) groups is 1. The minimum atomic E-state index is -0.196. The highest BCUT2D eigenvalue weighted by molar-refractivity contribution is 7.99. The predicted molar refractivity (Wildman–Crippen MR) is 136 cm³/mol. The lowest BCUT2D eigenvalue weighted by molar-refractivity contribution is -0.113. The molecule has 4 aromatic rings. The van der Waals surface area contributed by atoms with Crippen LogP contribution in [0.5, 0.6) is 23.0 Å². The standard InChI is InChI=1S/C25H25N5O4S/c1-16-4-9-19(10-5-16)34-20-11-7-18(8-12-20)27-23(31)15-35-25-29-28-24(30(25)26)17-6-13-21(32-2)22(14-17)33-3/h4-14H,15,26H2,1-3H3,(H,27,31). The lowest BCUT2D eigenvalue weighted by Gasteiger charge is -2.09. The number of methoxy groups -OCH3 is 2. The van der Waals surface area contributed by atoms with Crippen LogP contribution in [0.1, 0.15) is 5.56 Å². The average Bonchev–Trinajstić information content (AvgIpc) is 3.25. The number of hydrogen-bond donors (Lipinski definition) is 2. The third-order valence-electron chi connectivity index (χ3n) is 5.03. The second-order valence-corrected chi connectivity index (χ2v) is 8.46. The third-order valence-corrected chi connectivity index (χ3v) is 5.98. The van der Waals surface area contributed by atoms with Crippen molar-refractivity contribution >= 4 is 23.4 Å². The number of aryl methyl sites for hydroxylation is 1. The van der Waals surface area contributed by atoms with Crippen LogP contribution in [0.4, 0.5) is 5.69 Å². The van der Waals surface area contributed by atoms with Gasteiger partial charge in [0.05, 0.1) is 20.0 Å². The number of amides is 1. The predicted octanol–water partition coefficient (Wildman–Crippen LogP) is 4.51. The molecule has 0 bridgehead atoms. The Labute approximate surface area is 207 Å². The average molecular weight is 492 g/mol. The van der Waals surface area contributed by atoms with Gasteiger partial charge in [-0.15, -0.1) is 10.2 Å². The van der Waals surface area contributed by atoms with Crippen LogP contribution >= 0.6 is 11.8 Å². The molecule has 0 saturated heterocycles. The molecule has 0 radical (unpaired) electrons. The molecule has 9 nitrogen and oxygen atoms in total. The SMILES string of the molecule is COc1ccc(-c2nnc(SCC(=O)Nc3ccc(Oc4ccc(C)cc4)cc3)n2N)cc1OC. The normalized spacial score (nSPS) is 10.6. The molecule has 0 fully saturated rings. The Kier molecular flexibility index (Phi) is 7.41. The molecule has 1 heterocycles. The zero-order chi connectivity index (χ0) is 24.8. The Morgan fingerprint density at radius 2 is 1.60 bits per heavy atom. The molecular formula is C25H25N5O4S. The molecule has 0 aliphatic rings. The van der Waals surface area contributed by atoms with E-state index in [1.807, 2.05) is 37.3 Å². The van der Waals surface area contributed by atoms with Gasteiger partial charge in [0.25, 0.3) is 0 Å². The first-order valence-electron chi connectivity index (χ1n) is 10.7. The first kappa shape index (κ1) is 24.0. The minimum absolute atomic E-state index is 0.114. The summed E-state index contributed by atoms with van der Waals surface area (Å²) in [7, 11) is 3.12. The lowest BCUT2D eigenvalue weighted by Crippen LogP contribution is -2.16. The van der Waals surface area contributed by atoms with Crippen LogP contribution in [0, 0.1) is 6.92 Å². The van der Waals surface area contributed by atoms with Crippen molar-refractivity contribution in [2.75, 3.05) is 31.1 Å². The minimum Gasteiger partial charge on any atom is -0.493 e. The molecule has 4 rings (SSSR count). The van der Waals surface area contributed by atoms with Gasteiger partial charge in [-0.25, -0.2) is 4.68 Å². The fourth-order valence-electron chi connectivity index (χ4n) is 3.22. The van der Waals surface area contributed by atoms with Crippen molar-refractivity contribution in [3.8, 4) is 34.4 Å². The maximum Gasteiger partial charge on any atom is 0.234 e. The van der Waals surface area contributed by atoms with E-state index in [4.69, 9.17) is 20.1 Å². The number of aromatic nitrogens is 3. The summed E-state index contributed by atoms with van der Waals surface area (Å²) >= 11 is 1.19. The van der Waals surface area contributed by atoms with Gasteiger partial charge in [0.15, 0.2) is 17.3 Å². The molecule has 0 saturated carbocycles. The van der Waals surface area contributed by atoms with E-state index in [-0.39, 0.29) is 11.7 Å². The fourth-order valence-corrected chi connectivity index (χ4v) is 3.88. The van der Waals surface area contributed by atoms with Crippen molar-refractivity contribution in [1.29, 1.82) is 0 Å². The molecule has 35 heavy (non-hydrogen) atoms. The van der Waals surface area contributed by atoms with E-state index in [0.717, 1.165) is 5.75 Å². The summed E-state index contributed by atoms with van der Waals surface area (Å²) in [6.07, 6.45) is 0. The molecule has 0 spiro atoms. The number of nitrogens with zero attached hydrogens (tertiary/aromatic N) is 3. The van der Waals surface area contributed by atoms with Gasteiger partial charge in [-0.1, -0.05) is 29.5 Å². The summed E-state index contributed by atoms with van der Waals surface area (Å²) in [6, 6.07) is 20.3. The second kappa shape index (κ2) is 10.8. The van der Waals surface area contributed by atoms with E-state index in [2.05, 4.69) is 15.5 Å². The number of benzene rings is 3. The number of anilines is 1. The van der Waals surface area contributed by atoms with Crippen molar-refractivity contribution in [1.82, 2.24) is 14.9 Å². The van der Waals surface area contributed by atoms with Gasteiger partial charge in [0.1, 0.15) is 11.5 Å². The highest BCUT2D eigenvalue weighted by atomic mass is 32.2. The maximum absolute atomic E-state index is 12.4. The smallest absolute Gasteiger partial charge is 0.234 e. The van der Waals surface area contributed by atoms with E-state index < -0.39 is 0 Å². The van der Waals surface area contributed by atoms with Gasteiger partial charge < -0.3 is 25.4 Å². The van der Waals surface area contributed by atoms with Crippen LogP contribution in [0.3, 0.4) is 0 Å². The second-order valence-electron chi connectivity index (χ2n) is 7.52. The molecule has 1 amide bonds. The summed E-state index contributed by atoms with van der Waals surface area (Å²) in [4.78, 5) is 12.4. The van der Waals surface area contributed by atoms with Crippen LogP contribution < -0.4 is 25.4 Å². The molecule has 1 aromatic heterocycles. The molecule has 3 aromatic carbocycles. The zero-order valence-electron chi connectivity index (χ0n) is 19.5. The largest absolute Gasteiger partial charge is 0.493 e. The number of carbonyl (C=O) groups excluding carboxylic acids is 1. The number of hydrogen-bond acceptors (Lipinski definition) is 8. The third kappa shape index (κ3) is 5.85. The number of nitrogens with two attached hydrogens (primary N) is 1. The topological polar surface area (TPSA) is 114 Å². The van der Waals surface area contributed by atoms with Crippen LogP contribution in [0.25, 0.3) is 11.4 Å². The lowest BCUT2D eigenvalue weighted by atomic mass is 10.2. The molecule has 0 atom stereocenters. The number of thioether (sulfide) groups is 1. The van der Waals surface area contributed by atoms with E-state index in [1.165, 1.54) is 22.0 Å². The van der Waals surface area contributed by atoms with Crippen LogP contribution in [0.2, 0.25) is 0 Å². The van der Waals surface area contributed by atoms with Crippen LogP contribution in [0.15, 0.2) is 71.9 Å². The Morgan fingerprint density at radius 1 is 0.943 bits per heavy atom. The Balaban J connectivity index is 1.33. The summed E-state index contributed by atoms with van der Waals surface area (Å²) in [5.41, 5.74) is 2.53. The molecule has 0 aliphatic heterocycles. The van der Waals surface area contributed by atoms with Crippen molar-refractivity contribution in [2.45, 2.75) is 12.1 Å². The monoisotopic (exact) mass is 491 g/mol. The number of nitrogens with one attached hydrogen (secondary N) is 1. The fraction of sp³-hybridized carbons (Fsp3) is 0.160. The molecule has 180 valence electrons. The Hall–Kier alpha value is -4.18. The van der Waals surface area contributed by atoms with Crippen molar-refractivity contribution in [2.24, 2.45) is 0 Å². The molecule has 3 N–H and O–H groups in total. The van der Waals surface area contributed by atoms with Crippen LogP contribution in [-0.4, -0.2) is 40.8 Å². The van der Waals surface area contributed by atoms with Crippen molar-refractivity contribution in [3.05, 3.63) is 72.3 Å². The molecule has 0 aliphatic carbocycles. The summed E-state index contributed by atoms with van der Waals surface area (Å²) in [5, 5.41) is 11.5. The van der Waals surface area contributed by atoms with Gasteiger partial charge in [-0.2, -0.15) is 0 Å². The van der Waals surface area contributed by atoms with E-state index in [1.54, 1.807) is 50.6 Å². The Bertz CT molecular complexity index is 1310. The molecule has 0 unspecified atom stereocenters. The summed E-state index contributed by atoms with van der Waals surface area (Å²) in [5.74, 6) is 9.12. The van der Waals surface area contributed by atoms with Gasteiger partial charge in [-0.3, -0.25) is 4.79 Å². The number of nitrogen functional groups attached to an aromatic ring is 1. The van der Waals surface area contributed by atoms with Gasteiger partial charge in [-0.05, 0) is 61.5 Å². The quantitative estimate of drug-likeness (QED) is 0.260. The number of rotatable bonds is 9. The first-order valence-corrected chi connectivity index (χ1v) is 11.7. The summed E-state index contributed by atoms with van der Waals surface area (Å²) in [6.45, 7) is 2.02. The van der Waals surface area contributed by atoms with Gasteiger partial charge >= 0.3 is 0 Å². The van der Waals surface area contributed by atoms with Crippen LogP contribution in [-0.2, 0) is 4.79 Å². The number of ether oxygens (including phenoxy) is 3. The van der Waals surface area contributed by atoms with Crippen molar-refractivity contribution < 1.29 is 19.0 Å². The zero-order valence-corrected chi connectivity index (χ0v) is 20.3. The maximum atomic E-state index is 12.4. The first-order chi connectivity index (χ1) is 17.0. The van der Waals surface area contributed by atoms with Gasteiger partial charge in [0.2, 0.25) is 11.1 Å².